The fraction of sp³-hybridized carbons (Fsp3) is 0.105. The smallest absolute Gasteiger partial charge is 0.177 e. The Hall–Kier alpha value is -2.73. The van der Waals surface area contributed by atoms with Gasteiger partial charge in [0.05, 0.1) is 10.4 Å². The normalized spacial score (nSPS) is 12.1. The van der Waals surface area contributed by atoms with Gasteiger partial charge in [0.15, 0.2) is 9.84 Å². The molecule has 4 aromatic rings. The van der Waals surface area contributed by atoms with Gasteiger partial charge >= 0.3 is 0 Å². The van der Waals surface area contributed by atoms with Crippen molar-refractivity contribution in [2.45, 2.75) is 11.8 Å². The third-order valence-corrected chi connectivity index (χ3v) is 5.48. The monoisotopic (exact) mass is 354 g/mol. The van der Waals surface area contributed by atoms with E-state index in [1.54, 1.807) is 24.4 Å². The van der Waals surface area contributed by atoms with Gasteiger partial charge < -0.3 is 4.98 Å². The van der Waals surface area contributed by atoms with E-state index in [1.165, 1.54) is 18.4 Å². The average molecular weight is 354 g/mol. The van der Waals surface area contributed by atoms with E-state index in [0.29, 0.717) is 5.52 Å². The predicted molar refractivity (Wildman–Crippen MR) is 96.8 cm³/mol. The Labute approximate surface area is 144 Å². The summed E-state index contributed by atoms with van der Waals surface area (Å²) in [6.45, 7) is 1.92. The summed E-state index contributed by atoms with van der Waals surface area (Å²) in [6.07, 6.45) is 2.76. The Morgan fingerprint density at radius 1 is 1.08 bits per heavy atom. The molecule has 25 heavy (non-hydrogen) atoms. The first-order valence-electron chi connectivity index (χ1n) is 7.72. The van der Waals surface area contributed by atoms with Crippen molar-refractivity contribution in [3.8, 4) is 11.1 Å². The number of nitrogens with zero attached hydrogens (tertiary/aromatic N) is 1. The highest BCUT2D eigenvalue weighted by Gasteiger charge is 2.18. The van der Waals surface area contributed by atoms with Gasteiger partial charge in [-0.05, 0) is 42.8 Å². The lowest BCUT2D eigenvalue weighted by atomic mass is 9.98. The minimum absolute atomic E-state index is 0.190. The third kappa shape index (κ3) is 2.49. The molecule has 0 amide bonds. The molecule has 126 valence electrons. The topological polar surface area (TPSA) is 62.8 Å². The van der Waals surface area contributed by atoms with E-state index >= 15 is 0 Å². The molecule has 0 atom stereocenters. The highest BCUT2D eigenvalue weighted by atomic mass is 32.2. The van der Waals surface area contributed by atoms with Gasteiger partial charge in [0.25, 0.3) is 0 Å². The average Bonchev–Trinajstić information content (AvgIpc) is 2.88. The van der Waals surface area contributed by atoms with Crippen LogP contribution in [0, 0.1) is 12.7 Å². The molecule has 2 heterocycles. The van der Waals surface area contributed by atoms with E-state index in [4.69, 9.17) is 0 Å². The summed E-state index contributed by atoms with van der Waals surface area (Å²) in [6, 6.07) is 11.5. The number of aromatic amines is 1. The molecule has 0 radical (unpaired) electrons. The summed E-state index contributed by atoms with van der Waals surface area (Å²) in [5.74, 6) is -0.317. The van der Waals surface area contributed by atoms with Gasteiger partial charge in [-0.15, -0.1) is 0 Å². The number of fused-ring (bicyclic) bond motifs is 2. The molecule has 4 nitrogen and oxygen atoms in total. The number of rotatable bonds is 2. The second-order valence-corrected chi connectivity index (χ2v) is 8.08. The van der Waals surface area contributed by atoms with Gasteiger partial charge in [-0.2, -0.15) is 0 Å². The second kappa shape index (κ2) is 5.39. The van der Waals surface area contributed by atoms with E-state index in [1.807, 2.05) is 19.1 Å². The van der Waals surface area contributed by atoms with Crippen molar-refractivity contribution in [3.05, 3.63) is 60.2 Å². The highest BCUT2D eigenvalue weighted by molar-refractivity contribution is 7.91. The Balaban J connectivity index is 2.13. The number of hydrogen-bond acceptors (Lipinski definition) is 3. The van der Waals surface area contributed by atoms with Crippen molar-refractivity contribution in [1.82, 2.24) is 9.97 Å². The first-order chi connectivity index (χ1) is 11.9. The van der Waals surface area contributed by atoms with Crippen molar-refractivity contribution < 1.29 is 12.8 Å². The largest absolute Gasteiger partial charge is 0.358 e. The molecule has 2 aromatic carbocycles. The summed E-state index contributed by atoms with van der Waals surface area (Å²) in [4.78, 5) is 7.73. The summed E-state index contributed by atoms with van der Waals surface area (Å²) in [7, 11) is -3.40. The zero-order valence-electron chi connectivity index (χ0n) is 13.7. The number of aromatic nitrogens is 2. The molecule has 4 rings (SSSR count). The molecule has 0 spiro atoms. The number of pyridine rings is 1. The maximum absolute atomic E-state index is 13.8. The van der Waals surface area contributed by atoms with Gasteiger partial charge in [-0.1, -0.05) is 12.1 Å². The van der Waals surface area contributed by atoms with E-state index < -0.39 is 9.84 Å². The number of para-hydroxylation sites is 1. The summed E-state index contributed by atoms with van der Waals surface area (Å²) in [5.41, 5.74) is 3.82. The van der Waals surface area contributed by atoms with Crippen molar-refractivity contribution in [1.29, 1.82) is 0 Å². The Morgan fingerprint density at radius 2 is 1.88 bits per heavy atom. The van der Waals surface area contributed by atoms with Crippen LogP contribution in [-0.4, -0.2) is 24.6 Å². The number of benzene rings is 2. The lowest BCUT2D eigenvalue weighted by molar-refractivity contribution is 0.602. The predicted octanol–water partition coefficient (Wildman–Crippen LogP) is 4.23. The van der Waals surface area contributed by atoms with Crippen LogP contribution < -0.4 is 0 Å². The summed E-state index contributed by atoms with van der Waals surface area (Å²) in [5, 5.41) is 1.48. The quantitative estimate of drug-likeness (QED) is 0.586. The van der Waals surface area contributed by atoms with Crippen LogP contribution in [0.3, 0.4) is 0 Å². The van der Waals surface area contributed by atoms with Gasteiger partial charge in [-0.25, -0.2) is 12.8 Å². The van der Waals surface area contributed by atoms with Crippen LogP contribution in [0.2, 0.25) is 0 Å². The van der Waals surface area contributed by atoms with Crippen molar-refractivity contribution in [2.24, 2.45) is 0 Å². The molecule has 1 N–H and O–H groups in total. The molecule has 2 aromatic heterocycles. The van der Waals surface area contributed by atoms with Crippen molar-refractivity contribution in [3.63, 3.8) is 0 Å². The molecule has 0 bridgehead atoms. The van der Waals surface area contributed by atoms with Crippen molar-refractivity contribution in [2.75, 3.05) is 6.26 Å². The number of nitrogens with one attached hydrogen (secondary N) is 1. The molecule has 0 aliphatic rings. The van der Waals surface area contributed by atoms with Crippen LogP contribution >= 0.6 is 0 Å². The molecule has 0 fully saturated rings. The SMILES string of the molecule is Cc1[nH]c2ccc(F)cc2c1-c1ccnc2c(S(C)(=O)=O)cccc12. The van der Waals surface area contributed by atoms with Crippen LogP contribution in [0.25, 0.3) is 32.9 Å². The number of aryl methyl sites for hydroxylation is 1. The number of sulfone groups is 1. The van der Waals surface area contributed by atoms with Gasteiger partial charge in [0.1, 0.15) is 5.82 Å². The maximum Gasteiger partial charge on any atom is 0.177 e. The highest BCUT2D eigenvalue weighted by Crippen LogP contribution is 2.37. The van der Waals surface area contributed by atoms with Crippen LogP contribution in [0.4, 0.5) is 4.39 Å². The third-order valence-electron chi connectivity index (χ3n) is 4.35. The summed E-state index contributed by atoms with van der Waals surface area (Å²) < 4.78 is 37.9. The maximum atomic E-state index is 13.8. The van der Waals surface area contributed by atoms with Gasteiger partial charge in [-0.3, -0.25) is 4.98 Å². The molecule has 0 aliphatic carbocycles. The number of H-pyrrole nitrogens is 1. The molecule has 0 saturated carbocycles. The Kier molecular flexibility index (Phi) is 3.40. The zero-order chi connectivity index (χ0) is 17.8. The van der Waals surface area contributed by atoms with Crippen LogP contribution in [0.1, 0.15) is 5.69 Å². The van der Waals surface area contributed by atoms with Gasteiger partial charge in [0.2, 0.25) is 0 Å². The van der Waals surface area contributed by atoms with Crippen LogP contribution in [0.5, 0.6) is 0 Å². The number of halogens is 1. The van der Waals surface area contributed by atoms with E-state index in [2.05, 4.69) is 9.97 Å². The fourth-order valence-electron chi connectivity index (χ4n) is 3.31. The minimum Gasteiger partial charge on any atom is -0.358 e. The molecule has 0 unspecified atom stereocenters. The van der Waals surface area contributed by atoms with Gasteiger partial charge in [0, 0.05) is 40.0 Å². The molecule has 6 heteroatoms. The van der Waals surface area contributed by atoms with Crippen molar-refractivity contribution >= 4 is 31.6 Å². The molecular formula is C19H15FN2O2S. The van der Waals surface area contributed by atoms with Crippen LogP contribution in [0.15, 0.2) is 53.6 Å². The first kappa shape index (κ1) is 15.8. The minimum atomic E-state index is -3.40. The second-order valence-electron chi connectivity index (χ2n) is 6.10. The van der Waals surface area contributed by atoms with E-state index in [9.17, 15) is 12.8 Å². The lowest BCUT2D eigenvalue weighted by Crippen LogP contribution is -1.99. The van der Waals surface area contributed by atoms with E-state index in [0.717, 1.165) is 33.1 Å². The standard InChI is InChI=1S/C19H15FN2O2S/c1-11-18(15-10-12(20)6-7-16(15)22-11)13-8-9-21-19-14(13)4-3-5-17(19)25(2,23)24/h3-10,22H,1-2H3. The fourth-order valence-corrected chi connectivity index (χ4v) is 4.15. The molecule has 0 aliphatic heterocycles. The van der Waals surface area contributed by atoms with Crippen LogP contribution in [-0.2, 0) is 9.84 Å². The molecular weight excluding hydrogens is 339 g/mol. The lowest BCUT2D eigenvalue weighted by Gasteiger charge is -2.09. The first-order valence-corrected chi connectivity index (χ1v) is 9.61. The molecule has 0 saturated heterocycles. The number of hydrogen-bond donors (Lipinski definition) is 1. The summed E-state index contributed by atoms with van der Waals surface area (Å²) >= 11 is 0. The Bertz CT molecular complexity index is 1240. The Morgan fingerprint density at radius 3 is 2.64 bits per heavy atom. The zero-order valence-corrected chi connectivity index (χ0v) is 14.5. The van der Waals surface area contributed by atoms with E-state index in [-0.39, 0.29) is 10.7 Å².